The van der Waals surface area contributed by atoms with Crippen LogP contribution >= 0.6 is 0 Å². The second-order valence-corrected chi connectivity index (χ2v) is 5.48. The van der Waals surface area contributed by atoms with Crippen LogP contribution in [0.25, 0.3) is 0 Å². The van der Waals surface area contributed by atoms with Crippen LogP contribution in [0.1, 0.15) is 49.9 Å². The van der Waals surface area contributed by atoms with E-state index in [2.05, 4.69) is 17.6 Å². The van der Waals surface area contributed by atoms with Gasteiger partial charge in [-0.25, -0.2) is 4.79 Å². The predicted octanol–water partition coefficient (Wildman–Crippen LogP) is 3.34. The van der Waals surface area contributed by atoms with Crippen LogP contribution in [0.3, 0.4) is 0 Å². The number of hydrogen-bond acceptors (Lipinski definition) is 2. The van der Waals surface area contributed by atoms with Crippen molar-refractivity contribution in [1.29, 1.82) is 0 Å². The third kappa shape index (κ3) is 3.56. The number of nitrogens with one attached hydrogen (secondary N) is 2. The van der Waals surface area contributed by atoms with E-state index >= 15 is 0 Å². The smallest absolute Gasteiger partial charge is 0.319 e. The van der Waals surface area contributed by atoms with Gasteiger partial charge in [-0.15, -0.1) is 0 Å². The molecule has 1 aliphatic rings. The minimum atomic E-state index is -0.181. The fourth-order valence-electron chi connectivity index (χ4n) is 2.51. The van der Waals surface area contributed by atoms with Gasteiger partial charge in [-0.1, -0.05) is 12.8 Å². The van der Waals surface area contributed by atoms with Crippen molar-refractivity contribution in [2.45, 2.75) is 45.1 Å². The molecule has 1 fully saturated rings. The van der Waals surface area contributed by atoms with E-state index in [0.29, 0.717) is 11.3 Å². The summed E-state index contributed by atoms with van der Waals surface area (Å²) in [6.45, 7) is 3.61. The van der Waals surface area contributed by atoms with Crippen LogP contribution in [0.4, 0.5) is 10.5 Å². The van der Waals surface area contributed by atoms with Gasteiger partial charge in [0, 0.05) is 16.8 Å². The lowest BCUT2D eigenvalue weighted by Crippen LogP contribution is -2.45. The molecule has 0 aliphatic heterocycles. The second kappa shape index (κ2) is 5.43. The first kappa shape index (κ1) is 13.6. The van der Waals surface area contributed by atoms with Crippen molar-refractivity contribution in [3.63, 3.8) is 0 Å². The van der Waals surface area contributed by atoms with Crippen molar-refractivity contribution in [2.24, 2.45) is 0 Å². The monoisotopic (exact) mass is 260 g/mol. The molecule has 0 atom stereocenters. The van der Waals surface area contributed by atoms with E-state index in [4.69, 9.17) is 0 Å². The van der Waals surface area contributed by atoms with Gasteiger partial charge < -0.3 is 10.6 Å². The van der Waals surface area contributed by atoms with Crippen LogP contribution in [0, 0.1) is 0 Å². The van der Waals surface area contributed by atoms with Gasteiger partial charge in [0.1, 0.15) is 0 Å². The molecule has 0 saturated heterocycles. The maximum Gasteiger partial charge on any atom is 0.319 e. The van der Waals surface area contributed by atoms with Crippen molar-refractivity contribution in [2.75, 3.05) is 5.32 Å². The summed E-state index contributed by atoms with van der Waals surface area (Å²) in [5, 5.41) is 5.82. The van der Waals surface area contributed by atoms with Crippen molar-refractivity contribution in [3.8, 4) is 0 Å². The molecule has 0 radical (unpaired) electrons. The van der Waals surface area contributed by atoms with Gasteiger partial charge in [0.15, 0.2) is 5.78 Å². The number of amides is 2. The Morgan fingerprint density at radius 1 is 1.11 bits per heavy atom. The summed E-state index contributed by atoms with van der Waals surface area (Å²) in [6, 6.07) is 6.74. The first-order valence-corrected chi connectivity index (χ1v) is 6.69. The number of anilines is 1. The highest BCUT2D eigenvalue weighted by Gasteiger charge is 2.29. The first-order chi connectivity index (χ1) is 8.98. The Hall–Kier alpha value is -1.84. The molecule has 0 unspecified atom stereocenters. The Kier molecular flexibility index (Phi) is 3.88. The summed E-state index contributed by atoms with van der Waals surface area (Å²) in [7, 11) is 0. The molecule has 19 heavy (non-hydrogen) atoms. The van der Waals surface area contributed by atoms with E-state index in [9.17, 15) is 9.59 Å². The van der Waals surface area contributed by atoms with Gasteiger partial charge in [-0.2, -0.15) is 0 Å². The average molecular weight is 260 g/mol. The van der Waals surface area contributed by atoms with Crippen LogP contribution in [0.2, 0.25) is 0 Å². The van der Waals surface area contributed by atoms with Gasteiger partial charge in [-0.05, 0) is 51.0 Å². The molecule has 4 nitrogen and oxygen atoms in total. The molecule has 1 aliphatic carbocycles. The Balaban J connectivity index is 1.93. The number of carbonyl (C=O) groups is 2. The molecule has 1 saturated carbocycles. The number of hydrogen-bond donors (Lipinski definition) is 2. The molecule has 0 spiro atoms. The van der Waals surface area contributed by atoms with E-state index < -0.39 is 0 Å². The topological polar surface area (TPSA) is 58.2 Å². The van der Waals surface area contributed by atoms with Crippen LogP contribution in [0.15, 0.2) is 24.3 Å². The van der Waals surface area contributed by atoms with Crippen molar-refractivity contribution in [1.82, 2.24) is 5.32 Å². The maximum atomic E-state index is 11.9. The molecule has 1 aromatic carbocycles. The lowest BCUT2D eigenvalue weighted by atomic mass is 10.0. The summed E-state index contributed by atoms with van der Waals surface area (Å²) >= 11 is 0. The molecule has 0 aromatic heterocycles. The highest BCUT2D eigenvalue weighted by molar-refractivity contribution is 5.95. The summed E-state index contributed by atoms with van der Waals surface area (Å²) in [5.74, 6) is 0.0227. The zero-order valence-electron chi connectivity index (χ0n) is 11.5. The van der Waals surface area contributed by atoms with Crippen LogP contribution in [-0.4, -0.2) is 17.4 Å². The second-order valence-electron chi connectivity index (χ2n) is 5.48. The van der Waals surface area contributed by atoms with E-state index in [-0.39, 0.29) is 17.4 Å². The molecule has 0 heterocycles. The number of rotatable bonds is 3. The molecular formula is C15H20N2O2. The standard InChI is InChI=1S/C15H20N2O2/c1-11(18)12-5-7-13(8-6-12)16-14(19)17-15(2)9-3-4-10-15/h5-8H,3-4,9-10H2,1-2H3,(H2,16,17,19). The quantitative estimate of drug-likeness (QED) is 0.819. The Labute approximate surface area is 113 Å². The summed E-state index contributed by atoms with van der Waals surface area (Å²) in [4.78, 5) is 23.1. The first-order valence-electron chi connectivity index (χ1n) is 6.69. The lowest BCUT2D eigenvalue weighted by Gasteiger charge is -2.25. The molecule has 102 valence electrons. The zero-order valence-corrected chi connectivity index (χ0v) is 11.5. The van der Waals surface area contributed by atoms with Gasteiger partial charge >= 0.3 is 6.03 Å². The largest absolute Gasteiger partial charge is 0.333 e. The van der Waals surface area contributed by atoms with Crippen LogP contribution in [-0.2, 0) is 0 Å². The SMILES string of the molecule is CC(=O)c1ccc(NC(=O)NC2(C)CCCC2)cc1. The molecule has 1 aromatic rings. The summed E-state index contributed by atoms with van der Waals surface area (Å²) in [6.07, 6.45) is 4.40. The molecule has 2 rings (SSSR count). The van der Waals surface area contributed by atoms with Crippen molar-refractivity contribution < 1.29 is 9.59 Å². The highest BCUT2D eigenvalue weighted by Crippen LogP contribution is 2.28. The zero-order chi connectivity index (χ0) is 13.9. The third-order valence-electron chi connectivity index (χ3n) is 3.67. The van der Waals surface area contributed by atoms with E-state index in [0.717, 1.165) is 12.8 Å². The minimum Gasteiger partial charge on any atom is -0.333 e. The van der Waals surface area contributed by atoms with Gasteiger partial charge in [0.25, 0.3) is 0 Å². The summed E-state index contributed by atoms with van der Waals surface area (Å²) < 4.78 is 0. The molecular weight excluding hydrogens is 240 g/mol. The van der Waals surface area contributed by atoms with E-state index in [1.165, 1.54) is 19.8 Å². The molecule has 0 bridgehead atoms. The average Bonchev–Trinajstić information content (AvgIpc) is 2.76. The fourth-order valence-corrected chi connectivity index (χ4v) is 2.51. The third-order valence-corrected chi connectivity index (χ3v) is 3.67. The van der Waals surface area contributed by atoms with Crippen LogP contribution < -0.4 is 10.6 Å². The number of carbonyl (C=O) groups excluding carboxylic acids is 2. The number of urea groups is 1. The number of benzene rings is 1. The maximum absolute atomic E-state index is 11.9. The molecule has 4 heteroatoms. The number of ketones is 1. The normalized spacial score (nSPS) is 16.9. The Bertz CT molecular complexity index is 473. The highest BCUT2D eigenvalue weighted by atomic mass is 16.2. The fraction of sp³-hybridized carbons (Fsp3) is 0.467. The van der Waals surface area contributed by atoms with E-state index in [1.807, 2.05) is 0 Å². The van der Waals surface area contributed by atoms with Gasteiger partial charge in [0.05, 0.1) is 0 Å². The van der Waals surface area contributed by atoms with Crippen molar-refractivity contribution >= 4 is 17.5 Å². The van der Waals surface area contributed by atoms with Crippen LogP contribution in [0.5, 0.6) is 0 Å². The number of Topliss-reactive ketones (excluding diaryl/α,β-unsaturated/α-hetero) is 1. The van der Waals surface area contributed by atoms with E-state index in [1.54, 1.807) is 24.3 Å². The van der Waals surface area contributed by atoms with Crippen molar-refractivity contribution in [3.05, 3.63) is 29.8 Å². The molecule has 2 amide bonds. The predicted molar refractivity (Wildman–Crippen MR) is 75.5 cm³/mol. The molecule has 2 N–H and O–H groups in total. The Morgan fingerprint density at radius 2 is 1.68 bits per heavy atom. The van der Waals surface area contributed by atoms with Gasteiger partial charge in [0.2, 0.25) is 0 Å². The summed E-state index contributed by atoms with van der Waals surface area (Å²) in [5.41, 5.74) is 1.27. The minimum absolute atomic E-state index is 0.0227. The lowest BCUT2D eigenvalue weighted by molar-refractivity contribution is 0.101. The Morgan fingerprint density at radius 3 is 2.21 bits per heavy atom. The van der Waals surface area contributed by atoms with Gasteiger partial charge in [-0.3, -0.25) is 4.79 Å².